The summed E-state index contributed by atoms with van der Waals surface area (Å²) >= 11 is 0. The summed E-state index contributed by atoms with van der Waals surface area (Å²) < 4.78 is 22.2. The maximum absolute atomic E-state index is 15.1. The van der Waals surface area contributed by atoms with Gasteiger partial charge < -0.3 is 9.64 Å². The van der Waals surface area contributed by atoms with E-state index in [1.165, 1.54) is 6.07 Å². The van der Waals surface area contributed by atoms with Gasteiger partial charge in [-0.2, -0.15) is 10.4 Å². The molecule has 9 heteroatoms. The second-order valence-corrected chi connectivity index (χ2v) is 11.6. The Morgan fingerprint density at radius 2 is 2.05 bits per heavy atom. The van der Waals surface area contributed by atoms with Gasteiger partial charge in [-0.05, 0) is 70.1 Å². The standard InChI is InChI=1S/C29H36FN5O3/c1-18(33(5)6)22-16-32-34(17-22)23-9-7-20(25(30)14-23)11-19(15-31)12-26(36)27-21-8-10-24(13-21)35(27)28(37)38-29(2,3)4/h7,9,14,16-17,19,21,24,27H,1,8,10-13H2,2-6H3/t19-,21+,24-,27+/m1/s1. The molecular weight excluding hydrogens is 485 g/mol. The highest BCUT2D eigenvalue weighted by atomic mass is 19.1. The molecule has 1 aliphatic carbocycles. The first kappa shape index (κ1) is 27.4. The zero-order valence-corrected chi connectivity index (χ0v) is 22.8. The van der Waals surface area contributed by atoms with Crippen LogP contribution in [0, 0.1) is 29.0 Å². The lowest BCUT2D eigenvalue weighted by atomic mass is 9.88. The number of hydrogen-bond acceptors (Lipinski definition) is 6. The number of likely N-dealkylation sites (tertiary alicyclic amines) is 1. The number of carbonyl (C=O) groups excluding carboxylic acids is 2. The molecule has 4 atom stereocenters. The molecule has 2 aliphatic rings. The van der Waals surface area contributed by atoms with Gasteiger partial charge in [0.2, 0.25) is 0 Å². The smallest absolute Gasteiger partial charge is 0.411 e. The topological polar surface area (TPSA) is 91.5 Å². The average Bonchev–Trinajstić information content (AvgIpc) is 3.59. The number of ketones is 1. The van der Waals surface area contributed by atoms with Gasteiger partial charge in [-0.3, -0.25) is 9.69 Å². The van der Waals surface area contributed by atoms with Crippen molar-refractivity contribution < 1.29 is 18.7 Å². The van der Waals surface area contributed by atoms with Crippen LogP contribution in [0.15, 0.2) is 37.2 Å². The van der Waals surface area contributed by atoms with E-state index < -0.39 is 29.5 Å². The van der Waals surface area contributed by atoms with Gasteiger partial charge in [0.25, 0.3) is 0 Å². The van der Waals surface area contributed by atoms with Crippen LogP contribution in [0.2, 0.25) is 0 Å². The summed E-state index contributed by atoms with van der Waals surface area (Å²) in [5.41, 5.74) is 1.85. The number of rotatable bonds is 8. The van der Waals surface area contributed by atoms with Crippen LogP contribution in [0.4, 0.5) is 9.18 Å². The summed E-state index contributed by atoms with van der Waals surface area (Å²) in [6.45, 7) is 9.41. The third-order valence-corrected chi connectivity index (χ3v) is 7.37. The second-order valence-electron chi connectivity index (χ2n) is 11.6. The van der Waals surface area contributed by atoms with Crippen LogP contribution in [-0.4, -0.2) is 63.2 Å². The van der Waals surface area contributed by atoms with E-state index >= 15 is 4.39 Å². The van der Waals surface area contributed by atoms with Gasteiger partial charge in [-0.15, -0.1) is 0 Å². The van der Waals surface area contributed by atoms with Crippen molar-refractivity contribution in [3.05, 3.63) is 54.1 Å². The first-order chi connectivity index (χ1) is 17.9. The molecule has 0 radical (unpaired) electrons. The normalized spacial score (nSPS) is 21.2. The fourth-order valence-corrected chi connectivity index (χ4v) is 5.49. The average molecular weight is 522 g/mol. The Labute approximate surface area is 223 Å². The highest BCUT2D eigenvalue weighted by molar-refractivity contribution is 5.89. The molecular formula is C29H36FN5O3. The van der Waals surface area contributed by atoms with E-state index in [1.807, 2.05) is 19.0 Å². The summed E-state index contributed by atoms with van der Waals surface area (Å²) in [5.74, 6) is -1.24. The number of piperidine rings is 1. The van der Waals surface area contributed by atoms with E-state index in [-0.39, 0.29) is 30.6 Å². The number of amides is 1. The molecule has 2 fully saturated rings. The Balaban J connectivity index is 1.44. The van der Waals surface area contributed by atoms with Gasteiger partial charge >= 0.3 is 6.09 Å². The molecule has 4 rings (SSSR count). The highest BCUT2D eigenvalue weighted by Crippen LogP contribution is 2.44. The second kappa shape index (κ2) is 10.6. The van der Waals surface area contributed by atoms with E-state index in [9.17, 15) is 14.9 Å². The highest BCUT2D eigenvalue weighted by Gasteiger charge is 2.52. The van der Waals surface area contributed by atoms with E-state index in [0.717, 1.165) is 30.5 Å². The Morgan fingerprint density at radius 1 is 1.32 bits per heavy atom. The summed E-state index contributed by atoms with van der Waals surface area (Å²) in [6, 6.07) is 6.33. The number of Topliss-reactive ketones (excluding diaryl/α,β-unsaturated/α-hetero) is 1. The number of benzene rings is 1. The Kier molecular flexibility index (Phi) is 7.63. The van der Waals surface area contributed by atoms with Crippen LogP contribution in [0.3, 0.4) is 0 Å². The number of carbonyl (C=O) groups is 2. The van der Waals surface area contributed by atoms with Crippen LogP contribution in [-0.2, 0) is 16.0 Å². The van der Waals surface area contributed by atoms with Crippen molar-refractivity contribution in [2.45, 2.75) is 70.6 Å². The molecule has 1 saturated carbocycles. The van der Waals surface area contributed by atoms with E-state index in [4.69, 9.17) is 4.74 Å². The fourth-order valence-electron chi connectivity index (χ4n) is 5.49. The molecule has 2 aromatic rings. The molecule has 38 heavy (non-hydrogen) atoms. The molecule has 1 aliphatic heterocycles. The molecule has 0 unspecified atom stereocenters. The monoisotopic (exact) mass is 521 g/mol. The number of hydrogen-bond donors (Lipinski definition) is 0. The zero-order valence-electron chi connectivity index (χ0n) is 22.8. The minimum atomic E-state index is -0.706. The number of ether oxygens (including phenoxy) is 1. The molecule has 1 saturated heterocycles. The van der Waals surface area contributed by atoms with Crippen molar-refractivity contribution >= 4 is 17.6 Å². The zero-order chi connectivity index (χ0) is 27.8. The third-order valence-electron chi connectivity index (χ3n) is 7.37. The lowest BCUT2D eigenvalue weighted by Gasteiger charge is -2.35. The van der Waals surface area contributed by atoms with E-state index in [1.54, 1.807) is 54.9 Å². The predicted molar refractivity (Wildman–Crippen MR) is 142 cm³/mol. The van der Waals surface area contributed by atoms with Gasteiger partial charge in [0.15, 0.2) is 5.78 Å². The predicted octanol–water partition coefficient (Wildman–Crippen LogP) is 4.97. The molecule has 8 nitrogen and oxygen atoms in total. The molecule has 0 spiro atoms. The van der Waals surface area contributed by atoms with E-state index in [0.29, 0.717) is 11.3 Å². The first-order valence-electron chi connectivity index (χ1n) is 13.0. The SMILES string of the molecule is C=C(c1cnn(-c2ccc(C[C@@H](C#N)CC(=O)[C@@H]3[C@H]4CC[C@H](C4)N3C(=O)OC(C)(C)C)c(F)c2)c1)N(C)C. The summed E-state index contributed by atoms with van der Waals surface area (Å²) in [5, 5.41) is 14.1. The Bertz CT molecular complexity index is 1270. The van der Waals surface area contributed by atoms with Crippen LogP contribution in [0.5, 0.6) is 0 Å². The maximum Gasteiger partial charge on any atom is 0.411 e. The van der Waals surface area contributed by atoms with E-state index in [2.05, 4.69) is 17.7 Å². The molecule has 2 bridgehead atoms. The van der Waals surface area contributed by atoms with Crippen LogP contribution >= 0.6 is 0 Å². The van der Waals surface area contributed by atoms with Crippen LogP contribution < -0.4 is 0 Å². The van der Waals surface area contributed by atoms with Gasteiger partial charge in [-0.1, -0.05) is 12.6 Å². The number of aromatic nitrogens is 2. The van der Waals surface area contributed by atoms with Crippen LogP contribution in [0.25, 0.3) is 11.4 Å². The largest absolute Gasteiger partial charge is 0.444 e. The Hall–Kier alpha value is -3.67. The van der Waals surface area contributed by atoms with Crippen molar-refractivity contribution in [2.75, 3.05) is 14.1 Å². The summed E-state index contributed by atoms with van der Waals surface area (Å²) in [4.78, 5) is 29.8. The van der Waals surface area contributed by atoms with Crippen LogP contribution in [0.1, 0.15) is 57.6 Å². The summed E-state index contributed by atoms with van der Waals surface area (Å²) in [6.07, 6.45) is 5.54. The number of nitrogens with zero attached hydrogens (tertiary/aromatic N) is 5. The van der Waals surface area contributed by atoms with Crippen molar-refractivity contribution in [2.24, 2.45) is 11.8 Å². The maximum atomic E-state index is 15.1. The molecule has 1 aromatic carbocycles. The van der Waals surface area contributed by atoms with Crippen molar-refractivity contribution in [1.29, 1.82) is 5.26 Å². The molecule has 1 aromatic heterocycles. The van der Waals surface area contributed by atoms with Crippen molar-refractivity contribution in [3.63, 3.8) is 0 Å². The van der Waals surface area contributed by atoms with Gasteiger partial charge in [0, 0.05) is 44.0 Å². The Morgan fingerprint density at radius 3 is 2.68 bits per heavy atom. The number of fused-ring (bicyclic) bond motifs is 2. The number of halogens is 1. The van der Waals surface area contributed by atoms with Crippen molar-refractivity contribution in [3.8, 4) is 11.8 Å². The fraction of sp³-hybridized carbons (Fsp3) is 0.517. The van der Waals surface area contributed by atoms with Gasteiger partial charge in [0.05, 0.1) is 29.9 Å². The summed E-state index contributed by atoms with van der Waals surface area (Å²) in [7, 11) is 3.77. The van der Waals surface area contributed by atoms with Gasteiger partial charge in [0.1, 0.15) is 11.4 Å². The number of nitriles is 1. The molecule has 2 heterocycles. The lowest BCUT2D eigenvalue weighted by Crippen LogP contribution is -2.51. The quantitative estimate of drug-likeness (QED) is 0.487. The van der Waals surface area contributed by atoms with Crippen molar-refractivity contribution in [1.82, 2.24) is 19.6 Å². The lowest BCUT2D eigenvalue weighted by molar-refractivity contribution is -0.126. The molecule has 1 amide bonds. The molecule has 0 N–H and O–H groups in total. The minimum absolute atomic E-state index is 0.00738. The third kappa shape index (κ3) is 5.74. The molecule has 202 valence electrons. The minimum Gasteiger partial charge on any atom is -0.444 e. The van der Waals surface area contributed by atoms with Gasteiger partial charge in [-0.25, -0.2) is 13.9 Å². The first-order valence-corrected chi connectivity index (χ1v) is 13.0.